The van der Waals surface area contributed by atoms with Gasteiger partial charge in [-0.25, -0.2) is 0 Å². The number of furan rings is 1. The fourth-order valence-electron chi connectivity index (χ4n) is 2.69. The van der Waals surface area contributed by atoms with E-state index >= 15 is 0 Å². The number of carbonyl (C=O) groups is 1. The minimum atomic E-state index is -0.675. The molecule has 1 aliphatic rings. The van der Waals surface area contributed by atoms with Gasteiger partial charge in [0.2, 0.25) is 0 Å². The van der Waals surface area contributed by atoms with E-state index in [1.807, 2.05) is 36.9 Å². The highest BCUT2D eigenvalue weighted by Gasteiger charge is 2.36. The van der Waals surface area contributed by atoms with Gasteiger partial charge in [0.1, 0.15) is 5.58 Å². The molecule has 0 spiro atoms. The third-order valence-corrected chi connectivity index (χ3v) is 4.43. The number of fused-ring (bicyclic) bond motifs is 1. The van der Waals surface area contributed by atoms with Crippen LogP contribution in [0.2, 0.25) is 0 Å². The molecule has 106 valence electrons. The van der Waals surface area contributed by atoms with Crippen molar-refractivity contribution in [2.24, 2.45) is 5.92 Å². The molecule has 2 aromatic rings. The van der Waals surface area contributed by atoms with Gasteiger partial charge in [-0.1, -0.05) is 6.92 Å². The van der Waals surface area contributed by atoms with Crippen molar-refractivity contribution in [2.75, 3.05) is 13.1 Å². The highest BCUT2D eigenvalue weighted by atomic mass is 16.3. The Kier molecular flexibility index (Phi) is 3.05. The molecule has 4 nitrogen and oxygen atoms in total. The third kappa shape index (κ3) is 2.20. The van der Waals surface area contributed by atoms with Crippen molar-refractivity contribution in [3.63, 3.8) is 0 Å². The molecule has 1 aromatic heterocycles. The topological polar surface area (TPSA) is 53.7 Å². The van der Waals surface area contributed by atoms with Crippen molar-refractivity contribution >= 4 is 16.9 Å². The molecule has 1 amide bonds. The second-order valence-electron chi connectivity index (χ2n) is 5.93. The zero-order chi connectivity index (χ0) is 14.3. The molecular formula is C16H19NO3. The Hall–Kier alpha value is -1.81. The van der Waals surface area contributed by atoms with Gasteiger partial charge in [-0.3, -0.25) is 4.79 Å². The lowest BCUT2D eigenvalue weighted by atomic mass is 9.84. The molecule has 1 N–H and O–H groups in total. The Morgan fingerprint density at radius 2 is 2.25 bits per heavy atom. The summed E-state index contributed by atoms with van der Waals surface area (Å²) >= 11 is 0. The smallest absolute Gasteiger partial charge is 0.253 e. The Morgan fingerprint density at radius 3 is 3.00 bits per heavy atom. The van der Waals surface area contributed by atoms with Crippen molar-refractivity contribution in [3.8, 4) is 0 Å². The second-order valence-corrected chi connectivity index (χ2v) is 5.93. The maximum absolute atomic E-state index is 12.5. The maximum Gasteiger partial charge on any atom is 0.253 e. The van der Waals surface area contributed by atoms with Crippen molar-refractivity contribution < 1.29 is 14.3 Å². The van der Waals surface area contributed by atoms with Crippen LogP contribution in [0.15, 0.2) is 34.9 Å². The van der Waals surface area contributed by atoms with Crippen LogP contribution in [0.3, 0.4) is 0 Å². The van der Waals surface area contributed by atoms with Crippen molar-refractivity contribution in [1.29, 1.82) is 0 Å². The summed E-state index contributed by atoms with van der Waals surface area (Å²) in [5.74, 6) is 0.105. The molecule has 4 heteroatoms. The van der Waals surface area contributed by atoms with E-state index in [-0.39, 0.29) is 11.8 Å². The molecule has 0 bridgehead atoms. The van der Waals surface area contributed by atoms with Crippen LogP contribution in [-0.4, -0.2) is 34.6 Å². The monoisotopic (exact) mass is 273 g/mol. The first-order valence-electron chi connectivity index (χ1n) is 6.96. The molecule has 1 aromatic carbocycles. The Labute approximate surface area is 118 Å². The van der Waals surface area contributed by atoms with Crippen LogP contribution < -0.4 is 0 Å². The molecule has 2 atom stereocenters. The highest BCUT2D eigenvalue weighted by Crippen LogP contribution is 2.28. The van der Waals surface area contributed by atoms with Gasteiger partial charge in [0.15, 0.2) is 0 Å². The molecule has 0 unspecified atom stereocenters. The van der Waals surface area contributed by atoms with E-state index in [9.17, 15) is 9.90 Å². The molecule has 1 aliphatic heterocycles. The predicted octanol–water partition coefficient (Wildman–Crippen LogP) is 2.67. The van der Waals surface area contributed by atoms with Gasteiger partial charge >= 0.3 is 0 Å². The van der Waals surface area contributed by atoms with Crippen LogP contribution >= 0.6 is 0 Å². The number of rotatable bonds is 1. The number of piperidine rings is 1. The average Bonchev–Trinajstić information content (AvgIpc) is 2.88. The van der Waals surface area contributed by atoms with E-state index in [2.05, 4.69) is 0 Å². The molecule has 1 saturated heterocycles. The van der Waals surface area contributed by atoms with E-state index in [0.717, 1.165) is 11.0 Å². The number of nitrogens with zero attached hydrogens (tertiary/aromatic N) is 1. The van der Waals surface area contributed by atoms with Crippen molar-refractivity contribution in [1.82, 2.24) is 4.90 Å². The van der Waals surface area contributed by atoms with Crippen LogP contribution in [0.25, 0.3) is 11.0 Å². The van der Waals surface area contributed by atoms with Crippen molar-refractivity contribution in [2.45, 2.75) is 25.9 Å². The largest absolute Gasteiger partial charge is 0.464 e. The average molecular weight is 273 g/mol. The molecule has 3 rings (SSSR count). The highest BCUT2D eigenvalue weighted by molar-refractivity contribution is 5.97. The summed E-state index contributed by atoms with van der Waals surface area (Å²) in [6.07, 6.45) is 2.24. The number of hydrogen-bond donors (Lipinski definition) is 1. The van der Waals surface area contributed by atoms with E-state index in [0.29, 0.717) is 25.1 Å². The standard InChI is InChI=1S/C16H19NO3/c1-11-10-17(7-6-16(11,2)19)15(18)13-3-4-14-12(9-13)5-8-20-14/h3-5,8-9,11,19H,6-7,10H2,1-2H3/t11-,16+/m1/s1. The predicted molar refractivity (Wildman–Crippen MR) is 76.5 cm³/mol. The number of aliphatic hydroxyl groups is 1. The molecule has 0 aliphatic carbocycles. The van der Waals surface area contributed by atoms with E-state index in [4.69, 9.17) is 4.42 Å². The fourth-order valence-corrected chi connectivity index (χ4v) is 2.69. The molecule has 20 heavy (non-hydrogen) atoms. The Bertz CT molecular complexity index is 644. The minimum Gasteiger partial charge on any atom is -0.464 e. The van der Waals surface area contributed by atoms with Crippen LogP contribution in [0.5, 0.6) is 0 Å². The van der Waals surface area contributed by atoms with Gasteiger partial charge in [-0.15, -0.1) is 0 Å². The summed E-state index contributed by atoms with van der Waals surface area (Å²) < 4.78 is 5.28. The number of hydrogen-bond acceptors (Lipinski definition) is 3. The minimum absolute atomic E-state index is 0.0236. The lowest BCUT2D eigenvalue weighted by Crippen LogP contribution is -2.50. The third-order valence-electron chi connectivity index (χ3n) is 4.43. The first kappa shape index (κ1) is 13.2. The van der Waals surface area contributed by atoms with Gasteiger partial charge in [0.25, 0.3) is 5.91 Å². The van der Waals surface area contributed by atoms with Gasteiger partial charge < -0.3 is 14.4 Å². The SMILES string of the molecule is C[C@@H]1CN(C(=O)c2ccc3occc3c2)CC[C@]1(C)O. The summed E-state index contributed by atoms with van der Waals surface area (Å²) in [6.45, 7) is 5.02. The first-order valence-corrected chi connectivity index (χ1v) is 6.96. The van der Waals surface area contributed by atoms with Crippen LogP contribution in [-0.2, 0) is 0 Å². The number of amides is 1. The van der Waals surface area contributed by atoms with Gasteiger partial charge in [0.05, 0.1) is 11.9 Å². The summed E-state index contributed by atoms with van der Waals surface area (Å²) in [5.41, 5.74) is 0.787. The molecule has 1 fully saturated rings. The van der Waals surface area contributed by atoms with Crippen molar-refractivity contribution in [3.05, 3.63) is 36.1 Å². The van der Waals surface area contributed by atoms with Gasteiger partial charge in [-0.05, 0) is 37.6 Å². The van der Waals surface area contributed by atoms with Gasteiger partial charge in [-0.2, -0.15) is 0 Å². The van der Waals surface area contributed by atoms with E-state index in [1.54, 1.807) is 12.3 Å². The molecular weight excluding hydrogens is 254 g/mol. The lowest BCUT2D eigenvalue weighted by molar-refractivity contribution is -0.0439. The first-order chi connectivity index (χ1) is 9.47. The lowest BCUT2D eigenvalue weighted by Gasteiger charge is -2.41. The number of carbonyl (C=O) groups excluding carboxylic acids is 1. The molecule has 0 radical (unpaired) electrons. The number of likely N-dealkylation sites (tertiary alicyclic amines) is 1. The van der Waals surface area contributed by atoms with Crippen LogP contribution in [0, 0.1) is 5.92 Å². The fraction of sp³-hybridized carbons (Fsp3) is 0.438. The second kappa shape index (κ2) is 4.63. The Morgan fingerprint density at radius 1 is 1.45 bits per heavy atom. The maximum atomic E-state index is 12.5. The summed E-state index contributed by atoms with van der Waals surface area (Å²) in [6, 6.07) is 7.34. The molecule has 0 saturated carbocycles. The van der Waals surface area contributed by atoms with E-state index < -0.39 is 5.60 Å². The van der Waals surface area contributed by atoms with E-state index in [1.165, 1.54) is 0 Å². The summed E-state index contributed by atoms with van der Waals surface area (Å²) in [7, 11) is 0. The Balaban J connectivity index is 1.82. The van der Waals surface area contributed by atoms with Crippen LogP contribution in [0.4, 0.5) is 0 Å². The number of benzene rings is 1. The normalized spacial score (nSPS) is 26.9. The quantitative estimate of drug-likeness (QED) is 0.869. The summed E-state index contributed by atoms with van der Waals surface area (Å²) in [4.78, 5) is 14.4. The van der Waals surface area contributed by atoms with Gasteiger partial charge in [0, 0.05) is 30.0 Å². The zero-order valence-corrected chi connectivity index (χ0v) is 11.8. The zero-order valence-electron chi connectivity index (χ0n) is 11.8. The molecule has 2 heterocycles. The van der Waals surface area contributed by atoms with Crippen LogP contribution in [0.1, 0.15) is 30.6 Å². The summed E-state index contributed by atoms with van der Waals surface area (Å²) in [5, 5.41) is 11.1.